The van der Waals surface area contributed by atoms with Crippen LogP contribution in [-0.2, 0) is 0 Å². The number of hydrogen-bond donors (Lipinski definition) is 2. The SMILES string of the molecule is CCNCC1CCN(c2c(F)cc3c(=O)c(OC(=O)O)cn(-c4ccccc4)c3c2Cl)C1. The van der Waals surface area contributed by atoms with Gasteiger partial charge in [0, 0.05) is 18.8 Å². The molecule has 0 amide bonds. The monoisotopic (exact) mass is 459 g/mol. The second-order valence-electron chi connectivity index (χ2n) is 7.72. The zero-order valence-corrected chi connectivity index (χ0v) is 18.2. The molecule has 0 spiro atoms. The summed E-state index contributed by atoms with van der Waals surface area (Å²) < 4.78 is 21.5. The summed E-state index contributed by atoms with van der Waals surface area (Å²) in [5.74, 6) is -0.691. The normalized spacial score (nSPS) is 16.0. The van der Waals surface area contributed by atoms with Crippen molar-refractivity contribution in [3.63, 3.8) is 0 Å². The highest BCUT2D eigenvalue weighted by molar-refractivity contribution is 6.38. The van der Waals surface area contributed by atoms with Crippen LogP contribution in [-0.4, -0.2) is 42.0 Å². The number of fused-ring (bicyclic) bond motifs is 1. The van der Waals surface area contributed by atoms with Gasteiger partial charge < -0.3 is 24.6 Å². The van der Waals surface area contributed by atoms with E-state index in [9.17, 15) is 9.59 Å². The molecule has 1 aliphatic rings. The number of para-hydroxylation sites is 1. The summed E-state index contributed by atoms with van der Waals surface area (Å²) in [7, 11) is 0. The highest BCUT2D eigenvalue weighted by atomic mass is 35.5. The van der Waals surface area contributed by atoms with Crippen LogP contribution in [0.4, 0.5) is 14.9 Å². The third-order valence-electron chi connectivity index (χ3n) is 5.64. The molecule has 1 aromatic heterocycles. The van der Waals surface area contributed by atoms with E-state index >= 15 is 4.39 Å². The highest BCUT2D eigenvalue weighted by Gasteiger charge is 2.29. The van der Waals surface area contributed by atoms with Crippen molar-refractivity contribution in [2.24, 2.45) is 5.92 Å². The maximum Gasteiger partial charge on any atom is 0.511 e. The fraction of sp³-hybridized carbons (Fsp3) is 0.304. The summed E-state index contributed by atoms with van der Waals surface area (Å²) in [6, 6.07) is 10.1. The molecule has 0 radical (unpaired) electrons. The first-order valence-electron chi connectivity index (χ1n) is 10.4. The van der Waals surface area contributed by atoms with Crippen LogP contribution in [0.3, 0.4) is 0 Å². The second-order valence-corrected chi connectivity index (χ2v) is 8.10. The van der Waals surface area contributed by atoms with Gasteiger partial charge in [0.2, 0.25) is 5.43 Å². The number of carbonyl (C=O) groups is 1. The lowest BCUT2D eigenvalue weighted by molar-refractivity contribution is 0.144. The van der Waals surface area contributed by atoms with Crippen LogP contribution in [0.5, 0.6) is 5.75 Å². The Morgan fingerprint density at radius 1 is 1.34 bits per heavy atom. The number of anilines is 1. The minimum absolute atomic E-state index is 0.0535. The number of carboxylic acid groups (broad SMARTS) is 1. The number of hydrogen-bond acceptors (Lipinski definition) is 5. The Balaban J connectivity index is 1.91. The number of nitrogens with one attached hydrogen (secondary N) is 1. The Hall–Kier alpha value is -3.10. The van der Waals surface area contributed by atoms with Gasteiger partial charge in [0.15, 0.2) is 5.75 Å². The van der Waals surface area contributed by atoms with Gasteiger partial charge in [0.25, 0.3) is 0 Å². The number of aromatic nitrogens is 1. The van der Waals surface area contributed by atoms with Crippen molar-refractivity contribution in [1.82, 2.24) is 9.88 Å². The average molecular weight is 460 g/mol. The van der Waals surface area contributed by atoms with Gasteiger partial charge >= 0.3 is 6.16 Å². The summed E-state index contributed by atoms with van der Waals surface area (Å²) in [4.78, 5) is 25.9. The first kappa shape index (κ1) is 22.1. The summed E-state index contributed by atoms with van der Waals surface area (Å²) in [6.45, 7) is 5.03. The zero-order chi connectivity index (χ0) is 22.8. The number of halogens is 2. The molecule has 1 fully saturated rings. The summed E-state index contributed by atoms with van der Waals surface area (Å²) >= 11 is 6.75. The minimum atomic E-state index is -1.63. The molecule has 1 aliphatic heterocycles. The van der Waals surface area contributed by atoms with Crippen LogP contribution in [0.1, 0.15) is 13.3 Å². The molecule has 0 aliphatic carbocycles. The van der Waals surface area contributed by atoms with E-state index < -0.39 is 23.2 Å². The third kappa shape index (κ3) is 4.16. The van der Waals surface area contributed by atoms with Crippen molar-refractivity contribution in [2.75, 3.05) is 31.1 Å². The van der Waals surface area contributed by atoms with Crippen molar-refractivity contribution in [2.45, 2.75) is 13.3 Å². The number of rotatable bonds is 6. The molecular formula is C23H23ClFN3O4. The van der Waals surface area contributed by atoms with Crippen LogP contribution < -0.4 is 20.4 Å². The Morgan fingerprint density at radius 2 is 2.09 bits per heavy atom. The van der Waals surface area contributed by atoms with Gasteiger partial charge in [0.05, 0.1) is 27.8 Å². The highest BCUT2D eigenvalue weighted by Crippen LogP contribution is 2.39. The van der Waals surface area contributed by atoms with Gasteiger partial charge in [-0.1, -0.05) is 36.7 Å². The lowest BCUT2D eigenvalue weighted by Crippen LogP contribution is -2.27. The average Bonchev–Trinajstić information content (AvgIpc) is 3.23. The number of ether oxygens (including phenoxy) is 1. The maximum atomic E-state index is 15.3. The van der Waals surface area contributed by atoms with E-state index in [1.807, 2.05) is 17.9 Å². The van der Waals surface area contributed by atoms with Gasteiger partial charge in [-0.05, 0) is 43.6 Å². The molecule has 2 aromatic carbocycles. The topological polar surface area (TPSA) is 83.8 Å². The van der Waals surface area contributed by atoms with Crippen LogP contribution in [0.2, 0.25) is 5.02 Å². The summed E-state index contributed by atoms with van der Waals surface area (Å²) in [6.07, 6.45) is 0.546. The molecule has 1 saturated heterocycles. The zero-order valence-electron chi connectivity index (χ0n) is 17.5. The molecule has 0 bridgehead atoms. The third-order valence-corrected chi connectivity index (χ3v) is 6.00. The van der Waals surface area contributed by atoms with Gasteiger partial charge in [-0.3, -0.25) is 4.79 Å². The number of pyridine rings is 1. The molecule has 9 heteroatoms. The van der Waals surface area contributed by atoms with Gasteiger partial charge in [0.1, 0.15) is 5.82 Å². The van der Waals surface area contributed by atoms with E-state index in [1.165, 1.54) is 6.20 Å². The van der Waals surface area contributed by atoms with E-state index in [0.717, 1.165) is 25.6 Å². The molecule has 4 rings (SSSR count). The number of benzene rings is 2. The molecule has 2 N–H and O–H groups in total. The van der Waals surface area contributed by atoms with Crippen LogP contribution in [0.25, 0.3) is 16.6 Å². The molecular weight excluding hydrogens is 437 g/mol. The lowest BCUT2D eigenvalue weighted by atomic mass is 10.1. The van der Waals surface area contributed by atoms with E-state index in [1.54, 1.807) is 28.8 Å². The quantitative estimate of drug-likeness (QED) is 0.535. The fourth-order valence-corrected chi connectivity index (χ4v) is 4.58. The molecule has 3 aromatic rings. The standard InChI is InChI=1S/C23H23ClFN3O4/c1-2-26-11-14-8-9-27(12-14)21-17(25)10-16-20(19(21)24)28(15-6-4-3-5-7-15)13-18(22(16)29)32-23(30)31/h3-7,10,13-14,26H,2,8-9,11-12H2,1H3,(H,30,31). The first-order valence-corrected chi connectivity index (χ1v) is 10.8. The predicted molar refractivity (Wildman–Crippen MR) is 122 cm³/mol. The van der Waals surface area contributed by atoms with Crippen LogP contribution in [0.15, 0.2) is 47.4 Å². The second kappa shape index (κ2) is 9.18. The molecule has 32 heavy (non-hydrogen) atoms. The largest absolute Gasteiger partial charge is 0.511 e. The molecule has 0 saturated carbocycles. The first-order chi connectivity index (χ1) is 15.4. The molecule has 2 heterocycles. The van der Waals surface area contributed by atoms with E-state index in [0.29, 0.717) is 30.2 Å². The van der Waals surface area contributed by atoms with Crippen molar-refractivity contribution in [3.8, 4) is 11.4 Å². The molecule has 1 unspecified atom stereocenters. The van der Waals surface area contributed by atoms with E-state index in [-0.39, 0.29) is 16.1 Å². The van der Waals surface area contributed by atoms with Crippen LogP contribution >= 0.6 is 11.6 Å². The van der Waals surface area contributed by atoms with Crippen molar-refractivity contribution >= 4 is 34.3 Å². The Kier molecular flexibility index (Phi) is 6.34. The minimum Gasteiger partial charge on any atom is -0.449 e. The Labute approximate surface area is 189 Å². The predicted octanol–water partition coefficient (Wildman–Crippen LogP) is 4.28. The van der Waals surface area contributed by atoms with Gasteiger partial charge in [-0.15, -0.1) is 0 Å². The summed E-state index contributed by atoms with van der Waals surface area (Å²) in [5.41, 5.74) is 0.424. The fourth-order valence-electron chi connectivity index (χ4n) is 4.18. The van der Waals surface area contributed by atoms with E-state index in [4.69, 9.17) is 16.7 Å². The molecule has 1 atom stereocenters. The molecule has 168 valence electrons. The van der Waals surface area contributed by atoms with Crippen molar-refractivity contribution < 1.29 is 19.0 Å². The Bertz CT molecular complexity index is 1220. The van der Waals surface area contributed by atoms with Crippen molar-refractivity contribution in [3.05, 3.63) is 63.7 Å². The Morgan fingerprint density at radius 3 is 2.78 bits per heavy atom. The summed E-state index contributed by atoms with van der Waals surface area (Å²) in [5, 5.41) is 12.4. The van der Waals surface area contributed by atoms with Gasteiger partial charge in [-0.2, -0.15) is 0 Å². The lowest BCUT2D eigenvalue weighted by Gasteiger charge is -2.23. The van der Waals surface area contributed by atoms with Crippen molar-refractivity contribution in [1.29, 1.82) is 0 Å². The number of nitrogens with zero attached hydrogens (tertiary/aromatic N) is 2. The molecule has 7 nitrogen and oxygen atoms in total. The smallest absolute Gasteiger partial charge is 0.449 e. The van der Waals surface area contributed by atoms with E-state index in [2.05, 4.69) is 10.1 Å². The van der Waals surface area contributed by atoms with Crippen LogP contribution in [0, 0.1) is 11.7 Å². The van der Waals surface area contributed by atoms with Gasteiger partial charge in [-0.25, -0.2) is 9.18 Å². The maximum absolute atomic E-state index is 15.3.